The van der Waals surface area contributed by atoms with Gasteiger partial charge in [0.1, 0.15) is 17.6 Å². The number of esters is 1. The van der Waals surface area contributed by atoms with Crippen LogP contribution in [0.4, 0.5) is 5.13 Å². The second kappa shape index (κ2) is 10.6. The van der Waals surface area contributed by atoms with Crippen molar-refractivity contribution in [1.29, 1.82) is 0 Å². The summed E-state index contributed by atoms with van der Waals surface area (Å²) in [5, 5.41) is 0.289. The van der Waals surface area contributed by atoms with Crippen LogP contribution in [0, 0.1) is 12.8 Å². The summed E-state index contributed by atoms with van der Waals surface area (Å²) in [6.45, 7) is 7.94. The summed E-state index contributed by atoms with van der Waals surface area (Å²) >= 11 is 1.05. The van der Waals surface area contributed by atoms with Crippen LogP contribution in [0.5, 0.6) is 11.5 Å². The number of amides is 1. The molecule has 3 atom stereocenters. The molecule has 38 heavy (non-hydrogen) atoms. The van der Waals surface area contributed by atoms with Crippen LogP contribution in [0.15, 0.2) is 42.2 Å². The molecule has 1 aromatic carbocycles. The number of fused-ring (bicyclic) bond motifs is 1. The molecule has 0 radical (unpaired) electrons. The van der Waals surface area contributed by atoms with Crippen molar-refractivity contribution in [3.8, 4) is 11.5 Å². The molecule has 2 aromatic rings. The molecule has 9 nitrogen and oxygen atoms in total. The van der Waals surface area contributed by atoms with E-state index in [1.165, 1.54) is 12.0 Å². The molecule has 2 aliphatic heterocycles. The Balaban J connectivity index is 1.65. The van der Waals surface area contributed by atoms with Gasteiger partial charge in [0.25, 0.3) is 5.91 Å². The molecular formula is C28H30N2O7S. The van der Waals surface area contributed by atoms with E-state index in [2.05, 4.69) is 11.6 Å². The first-order chi connectivity index (χ1) is 18.4. The highest BCUT2D eigenvalue weighted by Crippen LogP contribution is 2.50. The summed E-state index contributed by atoms with van der Waals surface area (Å²) in [7, 11) is 1.30. The summed E-state index contributed by atoms with van der Waals surface area (Å²) in [5.74, 6) is -0.257. The number of methoxy groups -OCH3 is 1. The van der Waals surface area contributed by atoms with Gasteiger partial charge in [0.15, 0.2) is 28.2 Å². The Morgan fingerprint density at radius 2 is 2.03 bits per heavy atom. The number of carbonyl (C=O) groups is 3. The maximum atomic E-state index is 13.9. The predicted octanol–water partition coefficient (Wildman–Crippen LogP) is 4.70. The molecule has 1 aromatic heterocycles. The minimum Gasteiger partial charge on any atom is -0.490 e. The van der Waals surface area contributed by atoms with E-state index in [1.54, 1.807) is 25.1 Å². The van der Waals surface area contributed by atoms with Crippen molar-refractivity contribution in [2.24, 2.45) is 5.92 Å². The molecule has 1 aliphatic carbocycles. The van der Waals surface area contributed by atoms with Crippen molar-refractivity contribution in [1.82, 2.24) is 4.98 Å². The van der Waals surface area contributed by atoms with Gasteiger partial charge in [-0.15, -0.1) is 0 Å². The van der Waals surface area contributed by atoms with Gasteiger partial charge in [-0.25, -0.2) is 9.78 Å². The second-order valence-corrected chi connectivity index (χ2v) is 10.4. The number of anilines is 1. The lowest BCUT2D eigenvalue weighted by atomic mass is 9.77. The lowest BCUT2D eigenvalue weighted by Gasteiger charge is -2.35. The Bertz CT molecular complexity index is 1330. The van der Waals surface area contributed by atoms with Gasteiger partial charge in [-0.1, -0.05) is 36.5 Å². The first-order valence-corrected chi connectivity index (χ1v) is 13.6. The average Bonchev–Trinajstić information content (AvgIpc) is 3.45. The Kier molecular flexibility index (Phi) is 7.25. The lowest BCUT2D eigenvalue weighted by molar-refractivity contribution is -0.131. The van der Waals surface area contributed by atoms with Gasteiger partial charge in [-0.05, 0) is 50.8 Å². The number of aromatic nitrogens is 1. The van der Waals surface area contributed by atoms with Gasteiger partial charge >= 0.3 is 5.97 Å². The third-order valence-electron chi connectivity index (χ3n) is 7.07. The molecule has 3 unspecified atom stereocenters. The molecule has 1 saturated carbocycles. The Morgan fingerprint density at radius 1 is 1.24 bits per heavy atom. The van der Waals surface area contributed by atoms with E-state index in [1.807, 2.05) is 13.0 Å². The van der Waals surface area contributed by atoms with Crippen LogP contribution < -0.4 is 14.4 Å². The normalized spacial score (nSPS) is 22.5. The van der Waals surface area contributed by atoms with Crippen molar-refractivity contribution in [2.45, 2.75) is 51.7 Å². The molecule has 3 heterocycles. The highest BCUT2D eigenvalue weighted by atomic mass is 32.1. The van der Waals surface area contributed by atoms with Crippen molar-refractivity contribution in [2.75, 3.05) is 25.2 Å². The van der Waals surface area contributed by atoms with E-state index in [9.17, 15) is 14.4 Å². The van der Waals surface area contributed by atoms with Crippen molar-refractivity contribution in [3.63, 3.8) is 0 Å². The van der Waals surface area contributed by atoms with Crippen LogP contribution in [0.2, 0.25) is 0 Å². The first-order valence-electron chi connectivity index (χ1n) is 12.7. The summed E-state index contributed by atoms with van der Waals surface area (Å²) in [6.07, 6.45) is 4.69. The standard InChI is InChI=1S/C28H30N2O7S/c1-5-13-36-19-12-11-16(14-20(19)35-6-2)22-21-23(31)17-9-7-8-10-18(17)37-24(21)26(32)30(22)28-29-15(3)25(38-28)27(33)34-4/h5,11-12,14,17-18,22H,1,6-10,13H2,2-4H3. The van der Waals surface area contributed by atoms with Crippen LogP contribution in [-0.4, -0.2) is 49.1 Å². The van der Waals surface area contributed by atoms with Crippen molar-refractivity contribution in [3.05, 3.63) is 58.3 Å². The summed E-state index contributed by atoms with van der Waals surface area (Å²) < 4.78 is 22.8. The molecule has 1 amide bonds. The van der Waals surface area contributed by atoms with Gasteiger partial charge in [0.05, 0.1) is 36.9 Å². The molecule has 0 N–H and O–H groups in total. The molecule has 0 spiro atoms. The van der Waals surface area contributed by atoms with Crippen molar-refractivity contribution >= 4 is 34.1 Å². The zero-order chi connectivity index (χ0) is 27.0. The summed E-state index contributed by atoms with van der Waals surface area (Å²) in [5.41, 5.74) is 1.42. The number of nitrogens with zero attached hydrogens (tertiary/aromatic N) is 2. The van der Waals surface area contributed by atoms with Gasteiger partial charge in [-0.3, -0.25) is 14.5 Å². The summed E-state index contributed by atoms with van der Waals surface area (Å²) in [4.78, 5) is 46.4. The minimum absolute atomic E-state index is 0.0665. The highest BCUT2D eigenvalue weighted by molar-refractivity contribution is 7.17. The van der Waals surface area contributed by atoms with Crippen LogP contribution in [-0.2, 0) is 19.1 Å². The zero-order valence-electron chi connectivity index (χ0n) is 21.7. The number of benzene rings is 1. The quantitative estimate of drug-likeness (QED) is 0.352. The Morgan fingerprint density at radius 3 is 2.76 bits per heavy atom. The van der Waals surface area contributed by atoms with Crippen LogP contribution >= 0.6 is 11.3 Å². The molecule has 1 fully saturated rings. The Hall–Kier alpha value is -3.66. The smallest absolute Gasteiger partial charge is 0.350 e. The molecule has 200 valence electrons. The van der Waals surface area contributed by atoms with Crippen LogP contribution in [0.25, 0.3) is 0 Å². The number of thiazole rings is 1. The fourth-order valence-corrected chi connectivity index (χ4v) is 6.37. The fourth-order valence-electron chi connectivity index (χ4n) is 5.36. The third-order valence-corrected chi connectivity index (χ3v) is 8.20. The number of carbonyl (C=O) groups excluding carboxylic acids is 3. The minimum atomic E-state index is -0.795. The topological polar surface area (TPSA) is 104 Å². The number of ether oxygens (including phenoxy) is 4. The van der Waals surface area contributed by atoms with Crippen LogP contribution in [0.1, 0.15) is 59.6 Å². The third kappa shape index (κ3) is 4.36. The Labute approximate surface area is 225 Å². The second-order valence-electron chi connectivity index (χ2n) is 9.37. The summed E-state index contributed by atoms with van der Waals surface area (Å²) in [6, 6.07) is 4.56. The van der Waals surface area contributed by atoms with Gasteiger partial charge in [0, 0.05) is 0 Å². The number of aryl methyl sites for hydroxylation is 1. The number of rotatable bonds is 8. The number of ketones is 1. The maximum Gasteiger partial charge on any atom is 0.350 e. The van der Waals surface area contributed by atoms with E-state index < -0.39 is 17.9 Å². The highest BCUT2D eigenvalue weighted by Gasteiger charge is 2.53. The van der Waals surface area contributed by atoms with Crippen molar-refractivity contribution < 1.29 is 33.3 Å². The van der Waals surface area contributed by atoms with Gasteiger partial charge in [0.2, 0.25) is 0 Å². The molecule has 10 heteroatoms. The fraction of sp³-hybridized carbons (Fsp3) is 0.429. The lowest BCUT2D eigenvalue weighted by Crippen LogP contribution is -2.39. The maximum absolute atomic E-state index is 13.9. The van der Waals surface area contributed by atoms with E-state index in [-0.39, 0.29) is 28.7 Å². The molecule has 3 aliphatic rings. The van der Waals surface area contributed by atoms with Crippen LogP contribution in [0.3, 0.4) is 0 Å². The van der Waals surface area contributed by atoms with E-state index in [0.29, 0.717) is 46.4 Å². The van der Waals surface area contributed by atoms with Gasteiger partial charge in [-0.2, -0.15) is 0 Å². The number of hydrogen-bond acceptors (Lipinski definition) is 9. The molecule has 0 saturated heterocycles. The van der Waals surface area contributed by atoms with E-state index >= 15 is 0 Å². The molecular weight excluding hydrogens is 508 g/mol. The van der Waals surface area contributed by atoms with E-state index in [0.717, 1.165) is 37.0 Å². The SMILES string of the molecule is C=CCOc1ccc(C2C3=C(OC4CCCCC4C3=O)C(=O)N2c2nc(C)c(C(=O)OC)s2)cc1OCC. The first kappa shape index (κ1) is 26.0. The monoisotopic (exact) mass is 538 g/mol. The largest absolute Gasteiger partial charge is 0.490 e. The van der Waals surface area contributed by atoms with Gasteiger partial charge < -0.3 is 18.9 Å². The predicted molar refractivity (Wildman–Crippen MR) is 141 cm³/mol. The number of hydrogen-bond donors (Lipinski definition) is 0. The molecule has 5 rings (SSSR count). The molecule has 0 bridgehead atoms. The average molecular weight is 539 g/mol. The van der Waals surface area contributed by atoms with E-state index in [4.69, 9.17) is 18.9 Å². The zero-order valence-corrected chi connectivity index (χ0v) is 22.5. The number of Topliss-reactive ketones (excluding diaryl/α,β-unsaturated/α-hetero) is 1.